The zero-order chi connectivity index (χ0) is 19.9. The van der Waals surface area contributed by atoms with Crippen molar-refractivity contribution in [2.24, 2.45) is 0 Å². The molecule has 4 rings (SSSR count). The van der Waals surface area contributed by atoms with E-state index in [9.17, 15) is 0 Å². The van der Waals surface area contributed by atoms with Gasteiger partial charge in [-0.15, -0.1) is 0 Å². The number of rotatable bonds is 4. The molecule has 0 aliphatic carbocycles. The molecule has 28 heavy (non-hydrogen) atoms. The van der Waals surface area contributed by atoms with Crippen LogP contribution in [0.5, 0.6) is 0 Å². The highest BCUT2D eigenvalue weighted by atomic mass is 35.5. The van der Waals surface area contributed by atoms with Crippen LogP contribution in [0.15, 0.2) is 36.5 Å². The van der Waals surface area contributed by atoms with Crippen LogP contribution in [0.25, 0.3) is 21.8 Å². The Hall–Kier alpha value is -1.89. The van der Waals surface area contributed by atoms with Crippen LogP contribution >= 0.6 is 23.1 Å². The quantitative estimate of drug-likeness (QED) is 0.520. The summed E-state index contributed by atoms with van der Waals surface area (Å²) in [6.07, 6.45) is 3.97. The Morgan fingerprint density at radius 1 is 1.07 bits per heavy atom. The van der Waals surface area contributed by atoms with Crippen molar-refractivity contribution in [2.45, 2.75) is 57.7 Å². The average Bonchev–Trinajstić information content (AvgIpc) is 2.50. The minimum absolute atomic E-state index is 0.0544. The number of hydrogen-bond donors (Lipinski definition) is 3. The van der Waals surface area contributed by atoms with Crippen molar-refractivity contribution in [3.63, 3.8) is 0 Å². The molecule has 0 saturated carbocycles. The van der Waals surface area contributed by atoms with Gasteiger partial charge in [-0.3, -0.25) is 0 Å². The molecule has 7 heteroatoms. The lowest BCUT2D eigenvalue weighted by atomic mass is 9.80. The predicted molar refractivity (Wildman–Crippen MR) is 118 cm³/mol. The molecule has 0 radical (unpaired) electrons. The first-order valence-corrected chi connectivity index (χ1v) is 10.7. The molecule has 3 aromatic rings. The van der Waals surface area contributed by atoms with Gasteiger partial charge >= 0.3 is 0 Å². The van der Waals surface area contributed by atoms with Gasteiger partial charge in [0.15, 0.2) is 0 Å². The first-order valence-electron chi connectivity index (χ1n) is 9.54. The second kappa shape index (κ2) is 7.17. The van der Waals surface area contributed by atoms with Gasteiger partial charge in [0.05, 0.1) is 16.3 Å². The molecular formula is C21H26ClN5S. The van der Waals surface area contributed by atoms with Gasteiger partial charge in [-0.25, -0.2) is 9.97 Å². The number of aromatic amines is 1. The lowest BCUT2D eigenvalue weighted by molar-refractivity contribution is 0.170. The van der Waals surface area contributed by atoms with E-state index >= 15 is 0 Å². The zero-order valence-electron chi connectivity index (χ0n) is 16.6. The Morgan fingerprint density at radius 2 is 1.71 bits per heavy atom. The van der Waals surface area contributed by atoms with E-state index in [0.29, 0.717) is 17.0 Å². The van der Waals surface area contributed by atoms with Crippen LogP contribution < -0.4 is 10.6 Å². The van der Waals surface area contributed by atoms with Gasteiger partial charge in [-0.2, -0.15) is 0 Å². The van der Waals surface area contributed by atoms with E-state index in [1.807, 2.05) is 36.5 Å². The topological polar surface area (TPSA) is 65.6 Å². The Balaban J connectivity index is 1.69. The third kappa shape index (κ3) is 4.24. The van der Waals surface area contributed by atoms with E-state index in [0.717, 1.165) is 34.7 Å². The number of nitrogens with zero attached hydrogens (tertiary/aromatic N) is 2. The Labute approximate surface area is 175 Å². The first-order chi connectivity index (χ1) is 13.2. The van der Waals surface area contributed by atoms with Crippen molar-refractivity contribution >= 4 is 29.1 Å². The minimum Gasteiger partial charge on any atom is -0.351 e. The van der Waals surface area contributed by atoms with E-state index in [2.05, 4.69) is 42.7 Å². The number of nitrogens with one attached hydrogen (secondary N) is 3. The van der Waals surface area contributed by atoms with Crippen LogP contribution in [-0.2, 0) is 0 Å². The standard InChI is InChI=1S/C21H26ClN5S/c1-20(2)10-13(11-21(3,4)27-20)24-19-25-16(14-7-5-6-8-15(14)22)9-17(26-19)18-12-23-28-18/h5-9,12-13,23,27H,10-11H2,1-4H3,(H,24,25,26). The highest BCUT2D eigenvalue weighted by molar-refractivity contribution is 7.10. The zero-order valence-corrected chi connectivity index (χ0v) is 18.2. The fourth-order valence-corrected chi connectivity index (χ4v) is 4.97. The second-order valence-corrected chi connectivity index (χ2v) is 10.1. The van der Waals surface area contributed by atoms with Gasteiger partial charge < -0.3 is 15.0 Å². The molecule has 1 aliphatic heterocycles. The third-order valence-corrected chi connectivity index (χ3v) is 6.12. The summed E-state index contributed by atoms with van der Waals surface area (Å²) in [5.74, 6) is 0.652. The molecule has 5 nitrogen and oxygen atoms in total. The molecular weight excluding hydrogens is 390 g/mol. The number of halogens is 1. The van der Waals surface area contributed by atoms with Gasteiger partial charge in [-0.1, -0.05) is 41.3 Å². The van der Waals surface area contributed by atoms with Crippen LogP contribution in [0.2, 0.25) is 5.02 Å². The second-order valence-electron chi connectivity index (χ2n) is 8.81. The van der Waals surface area contributed by atoms with Gasteiger partial charge in [0.25, 0.3) is 0 Å². The number of hydrogen-bond acceptors (Lipinski definition) is 5. The third-order valence-electron chi connectivity index (χ3n) is 5.01. The summed E-state index contributed by atoms with van der Waals surface area (Å²) in [7, 11) is 0. The molecule has 3 N–H and O–H groups in total. The van der Waals surface area contributed by atoms with Gasteiger partial charge in [0, 0.05) is 33.9 Å². The van der Waals surface area contributed by atoms with Crippen LogP contribution in [0, 0.1) is 0 Å². The maximum Gasteiger partial charge on any atom is 0.224 e. The van der Waals surface area contributed by atoms with Gasteiger partial charge in [0.2, 0.25) is 5.95 Å². The summed E-state index contributed by atoms with van der Waals surface area (Å²) in [4.78, 5) is 10.7. The molecule has 2 aromatic heterocycles. The SMILES string of the molecule is CC1(C)CC(Nc2nc(-c3c[nH]s3)cc(-c3ccccc3Cl)n2)CC(C)(C)N1. The van der Waals surface area contributed by atoms with Crippen LogP contribution in [0.3, 0.4) is 0 Å². The van der Waals surface area contributed by atoms with E-state index in [-0.39, 0.29) is 11.1 Å². The van der Waals surface area contributed by atoms with Gasteiger partial charge in [-0.05, 0) is 52.7 Å². The lowest BCUT2D eigenvalue weighted by Crippen LogP contribution is -2.60. The molecule has 1 fully saturated rings. The molecule has 0 spiro atoms. The molecule has 1 aliphatic rings. The Morgan fingerprint density at radius 3 is 2.32 bits per heavy atom. The number of H-pyrrole nitrogens is 1. The van der Waals surface area contributed by atoms with Crippen molar-refractivity contribution in [2.75, 3.05) is 5.32 Å². The summed E-state index contributed by atoms with van der Waals surface area (Å²) < 4.78 is 3.09. The van der Waals surface area contributed by atoms with Gasteiger partial charge in [0.1, 0.15) is 0 Å². The number of piperidine rings is 1. The summed E-state index contributed by atoms with van der Waals surface area (Å²) >= 11 is 8.01. The van der Waals surface area contributed by atoms with Crippen LogP contribution in [0.1, 0.15) is 40.5 Å². The highest BCUT2D eigenvalue weighted by Gasteiger charge is 2.37. The molecule has 0 amide bonds. The van der Waals surface area contributed by atoms with E-state index < -0.39 is 0 Å². The predicted octanol–water partition coefficient (Wildman–Crippen LogP) is 5.57. The minimum atomic E-state index is 0.0544. The van der Waals surface area contributed by atoms with Crippen molar-refractivity contribution in [1.29, 1.82) is 0 Å². The smallest absolute Gasteiger partial charge is 0.224 e. The monoisotopic (exact) mass is 415 g/mol. The molecule has 148 valence electrons. The van der Waals surface area contributed by atoms with Crippen LogP contribution in [0.4, 0.5) is 5.95 Å². The van der Waals surface area contributed by atoms with Crippen molar-refractivity contribution < 1.29 is 0 Å². The van der Waals surface area contributed by atoms with E-state index in [4.69, 9.17) is 21.6 Å². The maximum atomic E-state index is 6.44. The van der Waals surface area contributed by atoms with Crippen LogP contribution in [-0.4, -0.2) is 31.5 Å². The molecule has 0 atom stereocenters. The first kappa shape index (κ1) is 19.4. The number of anilines is 1. The molecule has 1 saturated heterocycles. The summed E-state index contributed by atoms with van der Waals surface area (Å²) in [6.45, 7) is 8.99. The Bertz CT molecular complexity index is 950. The van der Waals surface area contributed by atoms with Crippen molar-refractivity contribution in [1.82, 2.24) is 19.7 Å². The fourth-order valence-electron chi connectivity index (χ4n) is 4.30. The lowest BCUT2D eigenvalue weighted by Gasteiger charge is -2.46. The summed E-state index contributed by atoms with van der Waals surface area (Å²) in [5, 5.41) is 8.01. The molecule has 0 unspecified atom stereocenters. The Kier molecular flexibility index (Phi) is 4.98. The van der Waals surface area contributed by atoms with E-state index in [1.54, 1.807) is 11.5 Å². The fraction of sp³-hybridized carbons (Fsp3) is 0.429. The highest BCUT2D eigenvalue weighted by Crippen LogP contribution is 2.33. The normalized spacial score (nSPS) is 18.9. The van der Waals surface area contributed by atoms with Crippen molar-refractivity contribution in [3.8, 4) is 21.8 Å². The molecule has 1 aromatic carbocycles. The summed E-state index contributed by atoms with van der Waals surface area (Å²) in [5.41, 5.74) is 2.76. The van der Waals surface area contributed by atoms with E-state index in [1.165, 1.54) is 0 Å². The molecule has 0 bridgehead atoms. The average molecular weight is 416 g/mol. The number of aromatic nitrogens is 3. The number of benzene rings is 1. The maximum absolute atomic E-state index is 6.44. The molecule has 3 heterocycles. The summed E-state index contributed by atoms with van der Waals surface area (Å²) in [6, 6.07) is 10.1. The van der Waals surface area contributed by atoms with Crippen molar-refractivity contribution in [3.05, 3.63) is 41.6 Å². The largest absolute Gasteiger partial charge is 0.351 e.